The molecule has 2 aromatic rings. The minimum absolute atomic E-state index is 0.396. The van der Waals surface area contributed by atoms with Crippen LogP contribution in [0.5, 0.6) is 0 Å². The third-order valence-corrected chi connectivity index (χ3v) is 3.20. The summed E-state index contributed by atoms with van der Waals surface area (Å²) in [5.74, 6) is 1.34. The number of hydrogen-bond acceptors (Lipinski definition) is 4. The topological polar surface area (TPSA) is 55.0 Å². The molecule has 106 valence electrons. The normalized spacial score (nSPS) is 10.8. The van der Waals surface area contributed by atoms with Gasteiger partial charge in [-0.25, -0.2) is 9.97 Å². The highest BCUT2D eigenvalue weighted by atomic mass is 15.2. The Kier molecular flexibility index (Phi) is 5.07. The van der Waals surface area contributed by atoms with E-state index < -0.39 is 0 Å². The van der Waals surface area contributed by atoms with E-state index in [1.54, 1.807) is 6.33 Å². The Morgan fingerprint density at radius 3 is 2.55 bits per heavy atom. The molecule has 0 unspecified atom stereocenters. The van der Waals surface area contributed by atoms with Crippen molar-refractivity contribution in [2.75, 3.05) is 18.0 Å². The molecule has 4 nitrogen and oxygen atoms in total. The molecule has 20 heavy (non-hydrogen) atoms. The Labute approximate surface area is 120 Å². The number of hydrogen-bond donors (Lipinski definition) is 1. The van der Waals surface area contributed by atoms with Crippen LogP contribution in [0.1, 0.15) is 31.0 Å². The number of nitrogens with two attached hydrogens (primary N) is 1. The number of rotatable bonds is 6. The van der Waals surface area contributed by atoms with E-state index in [2.05, 4.69) is 59.0 Å². The average molecular weight is 270 g/mol. The van der Waals surface area contributed by atoms with Gasteiger partial charge in [0.2, 0.25) is 0 Å². The molecule has 1 heterocycles. The van der Waals surface area contributed by atoms with Crippen molar-refractivity contribution >= 4 is 5.82 Å². The van der Waals surface area contributed by atoms with Crippen LogP contribution in [0.4, 0.5) is 5.82 Å². The highest BCUT2D eigenvalue weighted by Gasteiger charge is 2.10. The van der Waals surface area contributed by atoms with E-state index in [4.69, 9.17) is 5.73 Å². The van der Waals surface area contributed by atoms with Crippen molar-refractivity contribution < 1.29 is 0 Å². The lowest BCUT2D eigenvalue weighted by atomic mass is 10.1. The van der Waals surface area contributed by atoms with Crippen molar-refractivity contribution in [3.63, 3.8) is 0 Å². The summed E-state index contributed by atoms with van der Waals surface area (Å²) in [7, 11) is 0. The molecule has 0 aliphatic rings. The molecule has 0 saturated heterocycles. The van der Waals surface area contributed by atoms with Gasteiger partial charge in [-0.05, 0) is 11.5 Å². The van der Waals surface area contributed by atoms with Crippen molar-refractivity contribution in [2.24, 2.45) is 5.73 Å². The second-order valence-electron chi connectivity index (χ2n) is 5.15. The van der Waals surface area contributed by atoms with Gasteiger partial charge in [-0.3, -0.25) is 0 Å². The van der Waals surface area contributed by atoms with E-state index in [0.717, 1.165) is 24.6 Å². The lowest BCUT2D eigenvalue weighted by Gasteiger charge is -2.23. The van der Waals surface area contributed by atoms with Crippen LogP contribution >= 0.6 is 0 Å². The SMILES string of the molecule is CC(C)c1cc(N(CCN)Cc2ccccc2)ncn1. The summed E-state index contributed by atoms with van der Waals surface area (Å²) in [5.41, 5.74) is 8.05. The first-order valence-electron chi connectivity index (χ1n) is 7.01. The highest BCUT2D eigenvalue weighted by Crippen LogP contribution is 2.18. The minimum atomic E-state index is 0.396. The van der Waals surface area contributed by atoms with Gasteiger partial charge in [-0.15, -0.1) is 0 Å². The minimum Gasteiger partial charge on any atom is -0.351 e. The molecule has 1 aromatic carbocycles. The fourth-order valence-electron chi connectivity index (χ4n) is 2.08. The summed E-state index contributed by atoms with van der Waals surface area (Å²) in [6.45, 7) is 6.47. The standard InChI is InChI=1S/C16H22N4/c1-13(2)15-10-16(19-12-18-15)20(9-8-17)11-14-6-4-3-5-7-14/h3-7,10,12-13H,8-9,11,17H2,1-2H3. The molecule has 2 rings (SSSR count). The maximum absolute atomic E-state index is 5.73. The molecule has 4 heteroatoms. The second kappa shape index (κ2) is 7.01. The molecule has 0 amide bonds. The number of aromatic nitrogens is 2. The maximum atomic E-state index is 5.73. The van der Waals surface area contributed by atoms with E-state index in [1.807, 2.05) is 6.07 Å². The van der Waals surface area contributed by atoms with Crippen molar-refractivity contribution in [2.45, 2.75) is 26.3 Å². The summed E-state index contributed by atoms with van der Waals surface area (Å²) in [6.07, 6.45) is 1.64. The van der Waals surface area contributed by atoms with Crippen molar-refractivity contribution in [1.82, 2.24) is 9.97 Å². The number of benzene rings is 1. The van der Waals surface area contributed by atoms with E-state index in [9.17, 15) is 0 Å². The summed E-state index contributed by atoms with van der Waals surface area (Å²) < 4.78 is 0. The van der Waals surface area contributed by atoms with Gasteiger partial charge in [0.1, 0.15) is 12.1 Å². The molecule has 0 spiro atoms. The zero-order valence-corrected chi connectivity index (χ0v) is 12.2. The smallest absolute Gasteiger partial charge is 0.132 e. The van der Waals surface area contributed by atoms with Gasteiger partial charge in [0.25, 0.3) is 0 Å². The molecule has 0 bridgehead atoms. The first-order valence-corrected chi connectivity index (χ1v) is 7.01. The van der Waals surface area contributed by atoms with Crippen LogP contribution in [0.15, 0.2) is 42.7 Å². The Bertz CT molecular complexity index is 525. The zero-order valence-electron chi connectivity index (χ0n) is 12.2. The fourth-order valence-corrected chi connectivity index (χ4v) is 2.08. The Balaban J connectivity index is 2.21. The number of nitrogens with zero attached hydrogens (tertiary/aromatic N) is 3. The van der Waals surface area contributed by atoms with Gasteiger partial charge in [0.05, 0.1) is 0 Å². The summed E-state index contributed by atoms with van der Waals surface area (Å²) in [6, 6.07) is 12.4. The van der Waals surface area contributed by atoms with Crippen LogP contribution in [0.3, 0.4) is 0 Å². The summed E-state index contributed by atoms with van der Waals surface area (Å²) >= 11 is 0. The molecule has 0 saturated carbocycles. The Morgan fingerprint density at radius 2 is 1.90 bits per heavy atom. The fraction of sp³-hybridized carbons (Fsp3) is 0.375. The van der Waals surface area contributed by atoms with Crippen molar-refractivity contribution in [3.05, 3.63) is 54.0 Å². The van der Waals surface area contributed by atoms with E-state index >= 15 is 0 Å². The average Bonchev–Trinajstić information content (AvgIpc) is 2.48. The molecular weight excluding hydrogens is 248 g/mol. The monoisotopic (exact) mass is 270 g/mol. The highest BCUT2D eigenvalue weighted by molar-refractivity contribution is 5.40. The Morgan fingerprint density at radius 1 is 1.15 bits per heavy atom. The molecule has 0 atom stereocenters. The van der Waals surface area contributed by atoms with Gasteiger partial charge in [0, 0.05) is 31.4 Å². The molecule has 0 fully saturated rings. The summed E-state index contributed by atoms with van der Waals surface area (Å²) in [5, 5.41) is 0. The first kappa shape index (κ1) is 14.5. The van der Waals surface area contributed by atoms with Crippen LogP contribution in [0.2, 0.25) is 0 Å². The lowest BCUT2D eigenvalue weighted by molar-refractivity contribution is 0.758. The van der Waals surface area contributed by atoms with Crippen LogP contribution in [-0.4, -0.2) is 23.1 Å². The van der Waals surface area contributed by atoms with Gasteiger partial charge in [-0.1, -0.05) is 44.2 Å². The zero-order chi connectivity index (χ0) is 14.4. The van der Waals surface area contributed by atoms with Crippen LogP contribution in [-0.2, 0) is 6.54 Å². The largest absolute Gasteiger partial charge is 0.351 e. The third-order valence-electron chi connectivity index (χ3n) is 3.20. The van der Waals surface area contributed by atoms with Gasteiger partial charge in [-0.2, -0.15) is 0 Å². The van der Waals surface area contributed by atoms with Crippen molar-refractivity contribution in [3.8, 4) is 0 Å². The van der Waals surface area contributed by atoms with Gasteiger partial charge in [0.15, 0.2) is 0 Å². The third kappa shape index (κ3) is 3.78. The Hall–Kier alpha value is -1.94. The van der Waals surface area contributed by atoms with Crippen LogP contribution < -0.4 is 10.6 Å². The van der Waals surface area contributed by atoms with E-state index in [-0.39, 0.29) is 0 Å². The predicted octanol–water partition coefficient (Wildman–Crippen LogP) is 2.57. The molecule has 1 aromatic heterocycles. The molecule has 0 aliphatic carbocycles. The van der Waals surface area contributed by atoms with Crippen molar-refractivity contribution in [1.29, 1.82) is 0 Å². The molecule has 2 N–H and O–H groups in total. The van der Waals surface area contributed by atoms with Crippen LogP contribution in [0.25, 0.3) is 0 Å². The molecule has 0 radical (unpaired) electrons. The van der Waals surface area contributed by atoms with Gasteiger partial charge >= 0.3 is 0 Å². The predicted molar refractivity (Wildman–Crippen MR) is 82.7 cm³/mol. The van der Waals surface area contributed by atoms with E-state index in [1.165, 1.54) is 5.56 Å². The van der Waals surface area contributed by atoms with E-state index in [0.29, 0.717) is 12.5 Å². The number of anilines is 1. The van der Waals surface area contributed by atoms with Crippen LogP contribution in [0, 0.1) is 0 Å². The lowest BCUT2D eigenvalue weighted by Crippen LogP contribution is -2.29. The summed E-state index contributed by atoms with van der Waals surface area (Å²) in [4.78, 5) is 10.9. The molecular formula is C16H22N4. The van der Waals surface area contributed by atoms with Gasteiger partial charge < -0.3 is 10.6 Å². The second-order valence-corrected chi connectivity index (χ2v) is 5.15. The quantitative estimate of drug-likeness (QED) is 0.876. The molecule has 0 aliphatic heterocycles. The first-order chi connectivity index (χ1) is 9.70. The maximum Gasteiger partial charge on any atom is 0.132 e.